The maximum absolute atomic E-state index is 12.6. The van der Waals surface area contributed by atoms with Gasteiger partial charge in [-0.25, -0.2) is 0 Å². The molecule has 0 radical (unpaired) electrons. The largest absolute Gasteiger partial charge is 0.463 e. The van der Waals surface area contributed by atoms with E-state index in [2.05, 4.69) is 70.8 Å². The molecule has 246 valence electrons. The van der Waals surface area contributed by atoms with Crippen molar-refractivity contribution in [2.24, 2.45) is 5.92 Å². The predicted molar refractivity (Wildman–Crippen MR) is 186 cm³/mol. The van der Waals surface area contributed by atoms with E-state index in [1.54, 1.807) is 4.90 Å². The van der Waals surface area contributed by atoms with E-state index in [1.807, 2.05) is 30.3 Å². The third-order valence-electron chi connectivity index (χ3n) is 9.66. The maximum atomic E-state index is 12.6. The molecule has 1 aromatic heterocycles. The first-order chi connectivity index (χ1) is 23.5. The summed E-state index contributed by atoms with van der Waals surface area (Å²) in [5.74, 6) is 2.70. The number of carbonyl (C=O) groups excluding carboxylic acids is 1. The predicted octanol–water partition coefficient (Wildman–Crippen LogP) is 5.43. The smallest absolute Gasteiger partial charge is 0.318 e. The van der Waals surface area contributed by atoms with Gasteiger partial charge >= 0.3 is 6.01 Å². The Morgan fingerprint density at radius 2 is 1.83 bits per heavy atom. The number of benzene rings is 3. The number of carbonyl (C=O) groups is 1. The molecule has 7 rings (SSSR count). The van der Waals surface area contributed by atoms with Crippen molar-refractivity contribution < 1.29 is 14.3 Å². The summed E-state index contributed by atoms with van der Waals surface area (Å²) in [5, 5.41) is 11.9. The van der Waals surface area contributed by atoms with Gasteiger partial charge in [0.05, 0.1) is 37.4 Å². The summed E-state index contributed by atoms with van der Waals surface area (Å²) in [5.41, 5.74) is 3.12. The fraction of sp³-hybridized carbons (Fsp3) is 0.368. The molecule has 10 heteroatoms. The van der Waals surface area contributed by atoms with Crippen LogP contribution in [0.2, 0.25) is 0 Å². The van der Waals surface area contributed by atoms with E-state index in [1.165, 1.54) is 6.08 Å². The summed E-state index contributed by atoms with van der Waals surface area (Å²) >= 11 is 0. The van der Waals surface area contributed by atoms with E-state index in [0.717, 1.165) is 77.5 Å². The van der Waals surface area contributed by atoms with Crippen molar-refractivity contribution in [3.05, 3.63) is 90.6 Å². The van der Waals surface area contributed by atoms with Gasteiger partial charge in [0, 0.05) is 61.3 Å². The van der Waals surface area contributed by atoms with Crippen LogP contribution in [0.15, 0.2) is 79.4 Å². The maximum Gasteiger partial charge on any atom is 0.318 e. The van der Waals surface area contributed by atoms with E-state index < -0.39 is 0 Å². The first-order valence-electron chi connectivity index (χ1n) is 16.8. The first kappa shape index (κ1) is 31.5. The van der Waals surface area contributed by atoms with Gasteiger partial charge in [0.2, 0.25) is 5.91 Å². The highest BCUT2D eigenvalue weighted by Crippen LogP contribution is 2.38. The van der Waals surface area contributed by atoms with Gasteiger partial charge in [-0.15, -0.1) is 0 Å². The van der Waals surface area contributed by atoms with Crippen molar-refractivity contribution in [1.29, 1.82) is 5.26 Å². The molecular weight excluding hydrogens is 602 g/mol. The topological polar surface area (TPSA) is 98.1 Å². The van der Waals surface area contributed by atoms with Crippen LogP contribution in [-0.2, 0) is 17.8 Å². The molecule has 0 saturated carbocycles. The Labute approximate surface area is 281 Å². The molecule has 2 atom stereocenters. The summed E-state index contributed by atoms with van der Waals surface area (Å²) < 4.78 is 12.7. The van der Waals surface area contributed by atoms with Gasteiger partial charge in [0.15, 0.2) is 0 Å². The van der Waals surface area contributed by atoms with Gasteiger partial charge in [-0.2, -0.15) is 15.2 Å². The van der Waals surface area contributed by atoms with E-state index in [9.17, 15) is 10.1 Å². The van der Waals surface area contributed by atoms with Crippen LogP contribution in [0.4, 0.5) is 11.5 Å². The molecule has 4 heterocycles. The quantitative estimate of drug-likeness (QED) is 0.221. The van der Waals surface area contributed by atoms with Crippen LogP contribution in [-0.4, -0.2) is 84.6 Å². The van der Waals surface area contributed by atoms with Crippen molar-refractivity contribution in [3.63, 3.8) is 0 Å². The second kappa shape index (κ2) is 13.9. The summed E-state index contributed by atoms with van der Waals surface area (Å²) in [6, 6.07) is 24.9. The Balaban J connectivity index is 1.22. The number of hydrogen-bond donors (Lipinski definition) is 0. The fourth-order valence-corrected chi connectivity index (χ4v) is 7.22. The zero-order valence-corrected chi connectivity index (χ0v) is 27.4. The lowest BCUT2D eigenvalue weighted by Gasteiger charge is -2.42. The number of aromatic nitrogens is 2. The number of nitrogens with zero attached hydrogens (tertiary/aromatic N) is 7. The molecule has 1 unspecified atom stereocenters. The van der Waals surface area contributed by atoms with Gasteiger partial charge in [-0.1, -0.05) is 49.0 Å². The third kappa shape index (κ3) is 6.64. The lowest BCUT2D eigenvalue weighted by molar-refractivity contribution is -0.128. The molecule has 0 N–H and O–H groups in total. The second-order valence-corrected chi connectivity index (χ2v) is 12.9. The highest BCUT2D eigenvalue weighted by molar-refractivity contribution is 5.96. The van der Waals surface area contributed by atoms with Crippen LogP contribution in [0.5, 0.6) is 17.5 Å². The van der Waals surface area contributed by atoms with Crippen LogP contribution < -0.4 is 19.3 Å². The Morgan fingerprint density at radius 1 is 1.00 bits per heavy atom. The van der Waals surface area contributed by atoms with E-state index in [-0.39, 0.29) is 18.4 Å². The fourth-order valence-electron chi connectivity index (χ4n) is 7.22. The zero-order chi connectivity index (χ0) is 33.0. The summed E-state index contributed by atoms with van der Waals surface area (Å²) in [6.07, 6.45) is 3.40. The molecule has 48 heavy (non-hydrogen) atoms. The summed E-state index contributed by atoms with van der Waals surface area (Å²) in [7, 11) is 2.14. The molecule has 3 aliphatic rings. The Bertz CT molecular complexity index is 1840. The number of amides is 1. The van der Waals surface area contributed by atoms with Gasteiger partial charge in [0.25, 0.3) is 0 Å². The molecule has 3 aliphatic heterocycles. The average Bonchev–Trinajstić information content (AvgIpc) is 3.54. The standard InChI is InChI=1S/C38H41N7O3/c1-3-36(46)45-20-19-44(24-29(45)13-16-39)37-33-15-18-43(25-34(33)40-38(41-37)47-26-27-14-17-42(2)23-27)35-22-31(48-30-10-5-4-6-11-30)21-28-9-7-8-12-32(28)35/h3-12,21-22,27,29H,1,13-15,17-20,23-26H2,2H3/t27-,29?/m1/s1. The number of hydrogen-bond acceptors (Lipinski definition) is 9. The molecule has 1 amide bonds. The van der Waals surface area contributed by atoms with Gasteiger partial charge in [0.1, 0.15) is 17.3 Å². The molecule has 2 fully saturated rings. The van der Waals surface area contributed by atoms with E-state index in [0.29, 0.717) is 44.7 Å². The molecule has 0 aliphatic carbocycles. The number of rotatable bonds is 9. The average molecular weight is 644 g/mol. The van der Waals surface area contributed by atoms with Crippen LogP contribution in [0.1, 0.15) is 24.1 Å². The normalized spacial score (nSPS) is 19.5. The van der Waals surface area contributed by atoms with Crippen LogP contribution in [0, 0.1) is 17.2 Å². The van der Waals surface area contributed by atoms with Crippen LogP contribution in [0.3, 0.4) is 0 Å². The van der Waals surface area contributed by atoms with Crippen molar-refractivity contribution in [2.75, 3.05) is 62.7 Å². The minimum Gasteiger partial charge on any atom is -0.463 e. The van der Waals surface area contributed by atoms with E-state index in [4.69, 9.17) is 19.4 Å². The van der Waals surface area contributed by atoms with Crippen molar-refractivity contribution in [2.45, 2.75) is 31.8 Å². The Kier molecular flexibility index (Phi) is 9.12. The summed E-state index contributed by atoms with van der Waals surface area (Å²) in [4.78, 5) is 31.3. The number of ether oxygens (including phenoxy) is 2. The molecule has 10 nitrogen and oxygen atoms in total. The molecule has 2 saturated heterocycles. The minimum absolute atomic E-state index is 0.147. The van der Waals surface area contributed by atoms with Crippen molar-refractivity contribution >= 4 is 28.2 Å². The zero-order valence-electron chi connectivity index (χ0n) is 27.4. The van der Waals surface area contributed by atoms with Crippen molar-refractivity contribution in [1.82, 2.24) is 19.8 Å². The number of piperazine rings is 1. The number of para-hydroxylation sites is 1. The van der Waals surface area contributed by atoms with E-state index >= 15 is 0 Å². The summed E-state index contributed by atoms with van der Waals surface area (Å²) in [6.45, 7) is 9.26. The second-order valence-electron chi connectivity index (χ2n) is 12.9. The molecule has 0 bridgehead atoms. The SMILES string of the molecule is C=CC(=O)N1CCN(c2nc(OC[C@@H]3CCN(C)C3)nc3c2CCN(c2cc(Oc4ccccc4)cc4ccccc24)C3)CC1CC#N. The first-order valence-corrected chi connectivity index (χ1v) is 16.8. The Morgan fingerprint density at radius 3 is 2.62 bits per heavy atom. The Hall–Kier alpha value is -5.14. The lowest BCUT2D eigenvalue weighted by Crippen LogP contribution is -2.55. The van der Waals surface area contributed by atoms with Crippen molar-refractivity contribution in [3.8, 4) is 23.6 Å². The number of anilines is 2. The van der Waals surface area contributed by atoms with Gasteiger partial charge in [-0.3, -0.25) is 4.79 Å². The molecule has 3 aromatic carbocycles. The van der Waals surface area contributed by atoms with Gasteiger partial charge in [-0.05, 0) is 56.1 Å². The highest BCUT2D eigenvalue weighted by atomic mass is 16.5. The molecule has 0 spiro atoms. The third-order valence-corrected chi connectivity index (χ3v) is 9.66. The number of likely N-dealkylation sites (tertiary alicyclic amines) is 1. The number of fused-ring (bicyclic) bond motifs is 2. The molecule has 4 aromatic rings. The minimum atomic E-state index is -0.253. The molecular formula is C38H41N7O3. The lowest BCUT2D eigenvalue weighted by atomic mass is 10.0. The monoisotopic (exact) mass is 643 g/mol. The number of nitriles is 1. The highest BCUT2D eigenvalue weighted by Gasteiger charge is 2.33. The van der Waals surface area contributed by atoms with Crippen LogP contribution in [0.25, 0.3) is 10.8 Å². The van der Waals surface area contributed by atoms with Gasteiger partial charge < -0.3 is 29.1 Å². The van der Waals surface area contributed by atoms with Crippen LogP contribution >= 0.6 is 0 Å².